The second kappa shape index (κ2) is 5.38. The van der Waals surface area contributed by atoms with Crippen molar-refractivity contribution < 1.29 is 18.0 Å². The molecular weight excluding hydrogens is 259 g/mol. The molecule has 7 heteroatoms. The van der Waals surface area contributed by atoms with E-state index in [4.69, 9.17) is 5.73 Å². The molecule has 2 amide bonds. The lowest BCUT2D eigenvalue weighted by atomic mass is 10.0. The van der Waals surface area contributed by atoms with E-state index in [0.717, 1.165) is 6.07 Å². The molecule has 0 aliphatic carbocycles. The summed E-state index contributed by atoms with van der Waals surface area (Å²) in [5, 5.41) is 2.82. The molecule has 1 aliphatic heterocycles. The maximum atomic E-state index is 13.4. The fourth-order valence-electron chi connectivity index (χ4n) is 2.10. The molecule has 0 atom stereocenters. The summed E-state index contributed by atoms with van der Waals surface area (Å²) in [7, 11) is 0. The number of halogens is 3. The van der Waals surface area contributed by atoms with Gasteiger partial charge in [0.05, 0.1) is 5.69 Å². The summed E-state index contributed by atoms with van der Waals surface area (Å²) >= 11 is 0. The summed E-state index contributed by atoms with van der Waals surface area (Å²) < 4.78 is 39.2. The zero-order chi connectivity index (χ0) is 14.0. The van der Waals surface area contributed by atoms with Gasteiger partial charge in [-0.25, -0.2) is 18.0 Å². The lowest BCUT2D eigenvalue weighted by Crippen LogP contribution is -2.44. The van der Waals surface area contributed by atoms with E-state index < -0.39 is 23.5 Å². The molecule has 0 spiro atoms. The molecule has 1 aromatic carbocycles. The Balaban J connectivity index is 1.99. The van der Waals surface area contributed by atoms with Gasteiger partial charge in [-0.05, 0) is 12.8 Å². The van der Waals surface area contributed by atoms with Crippen molar-refractivity contribution >= 4 is 11.7 Å². The Morgan fingerprint density at radius 3 is 2.32 bits per heavy atom. The van der Waals surface area contributed by atoms with Crippen LogP contribution < -0.4 is 11.1 Å². The smallest absolute Gasteiger partial charge is 0.314 e. The van der Waals surface area contributed by atoms with Crippen molar-refractivity contribution in [2.75, 3.05) is 18.4 Å². The average Bonchev–Trinajstić information content (AvgIpc) is 2.36. The second-order valence-corrected chi connectivity index (χ2v) is 4.49. The summed E-state index contributed by atoms with van der Waals surface area (Å²) in [4.78, 5) is 12.4. The summed E-state index contributed by atoms with van der Waals surface area (Å²) in [6.07, 6.45) is 1.14. The lowest BCUT2D eigenvalue weighted by molar-refractivity contribution is 0.193. The predicted octanol–water partition coefficient (Wildman–Crippen LogP) is 2.06. The van der Waals surface area contributed by atoms with Crippen LogP contribution in [-0.2, 0) is 0 Å². The van der Waals surface area contributed by atoms with Crippen LogP contribution in [0.4, 0.5) is 23.7 Å². The monoisotopic (exact) mass is 273 g/mol. The number of piperidine rings is 1. The number of likely N-dealkylation sites (tertiary alicyclic amines) is 1. The van der Waals surface area contributed by atoms with Crippen molar-refractivity contribution in [1.29, 1.82) is 0 Å². The van der Waals surface area contributed by atoms with Crippen molar-refractivity contribution in [3.8, 4) is 0 Å². The quantitative estimate of drug-likeness (QED) is 0.810. The Labute approximate surface area is 108 Å². The number of nitrogens with one attached hydrogen (secondary N) is 1. The molecule has 104 valence electrons. The van der Waals surface area contributed by atoms with E-state index >= 15 is 0 Å². The van der Waals surface area contributed by atoms with E-state index in [-0.39, 0.29) is 11.7 Å². The van der Waals surface area contributed by atoms with Gasteiger partial charge in [0.25, 0.3) is 0 Å². The lowest BCUT2D eigenvalue weighted by Gasteiger charge is -2.31. The van der Waals surface area contributed by atoms with Gasteiger partial charge in [-0.3, -0.25) is 0 Å². The van der Waals surface area contributed by atoms with Crippen LogP contribution >= 0.6 is 0 Å². The molecule has 4 nitrogen and oxygen atoms in total. The third-order valence-corrected chi connectivity index (χ3v) is 3.18. The normalized spacial score (nSPS) is 16.5. The number of carbonyl (C=O) groups excluding carboxylic acids is 1. The van der Waals surface area contributed by atoms with E-state index in [9.17, 15) is 18.0 Å². The molecule has 1 saturated heterocycles. The number of rotatable bonds is 2. The van der Waals surface area contributed by atoms with E-state index in [0.29, 0.717) is 32.0 Å². The summed E-state index contributed by atoms with van der Waals surface area (Å²) in [5.74, 6) is -3.15. The maximum absolute atomic E-state index is 13.4. The zero-order valence-electron chi connectivity index (χ0n) is 10.1. The molecule has 1 aromatic rings. The molecule has 0 unspecified atom stereocenters. The van der Waals surface area contributed by atoms with Crippen LogP contribution in [0.5, 0.6) is 0 Å². The summed E-state index contributed by atoms with van der Waals surface area (Å²) in [5.41, 5.74) is 5.07. The number of nitrogens with two attached hydrogens (primary N) is 1. The number of primary amides is 1. The molecule has 2 rings (SSSR count). The molecule has 0 saturated carbocycles. The van der Waals surface area contributed by atoms with Crippen molar-refractivity contribution in [2.24, 2.45) is 5.73 Å². The Bertz CT molecular complexity index is 487. The fourth-order valence-corrected chi connectivity index (χ4v) is 2.10. The van der Waals surface area contributed by atoms with Crippen molar-refractivity contribution in [3.63, 3.8) is 0 Å². The molecule has 3 N–H and O–H groups in total. The Hall–Kier alpha value is -1.92. The Kier molecular flexibility index (Phi) is 3.82. The van der Waals surface area contributed by atoms with Gasteiger partial charge < -0.3 is 16.0 Å². The molecule has 0 aromatic heterocycles. The molecule has 19 heavy (non-hydrogen) atoms. The predicted molar refractivity (Wildman–Crippen MR) is 64.1 cm³/mol. The van der Waals surface area contributed by atoms with E-state index in [1.54, 1.807) is 0 Å². The van der Waals surface area contributed by atoms with Crippen LogP contribution in [0, 0.1) is 17.5 Å². The first kappa shape index (κ1) is 13.5. The zero-order valence-corrected chi connectivity index (χ0v) is 10.1. The highest BCUT2D eigenvalue weighted by Gasteiger charge is 2.22. The minimum absolute atomic E-state index is 0.0728. The van der Waals surface area contributed by atoms with Crippen LogP contribution in [0.3, 0.4) is 0 Å². The van der Waals surface area contributed by atoms with Crippen LogP contribution in [0.15, 0.2) is 12.1 Å². The number of nitrogens with zero attached hydrogens (tertiary/aromatic N) is 1. The number of anilines is 1. The molecule has 1 aliphatic rings. The Morgan fingerprint density at radius 2 is 1.74 bits per heavy atom. The molecule has 1 heterocycles. The molecule has 0 radical (unpaired) electrons. The first-order chi connectivity index (χ1) is 8.97. The van der Waals surface area contributed by atoms with Gasteiger partial charge in [0.2, 0.25) is 0 Å². The first-order valence-electron chi connectivity index (χ1n) is 5.93. The van der Waals surface area contributed by atoms with E-state index in [1.165, 1.54) is 4.90 Å². The van der Waals surface area contributed by atoms with Crippen molar-refractivity contribution in [3.05, 3.63) is 29.6 Å². The minimum Gasteiger partial charge on any atom is -0.380 e. The SMILES string of the molecule is NC(=O)N1CCC(Nc2cc(F)c(F)cc2F)CC1. The van der Waals surface area contributed by atoms with Gasteiger partial charge in [-0.2, -0.15) is 0 Å². The summed E-state index contributed by atoms with van der Waals surface area (Å²) in [6.45, 7) is 0.913. The van der Waals surface area contributed by atoms with Gasteiger partial charge in [0.15, 0.2) is 11.6 Å². The third-order valence-electron chi connectivity index (χ3n) is 3.18. The standard InChI is InChI=1S/C12H14F3N3O/c13-8-5-10(15)11(6-9(8)14)17-7-1-3-18(4-2-7)12(16)19/h5-7,17H,1-4H2,(H2,16,19). The highest BCUT2D eigenvalue weighted by atomic mass is 19.2. The maximum Gasteiger partial charge on any atom is 0.314 e. The number of hydrogen-bond donors (Lipinski definition) is 2. The molecule has 1 fully saturated rings. The first-order valence-corrected chi connectivity index (χ1v) is 5.93. The van der Waals surface area contributed by atoms with E-state index in [2.05, 4.69) is 5.32 Å². The number of benzene rings is 1. The minimum atomic E-state index is -1.22. The molecular formula is C12H14F3N3O. The van der Waals surface area contributed by atoms with Gasteiger partial charge in [0, 0.05) is 31.3 Å². The third kappa shape index (κ3) is 3.10. The Morgan fingerprint density at radius 1 is 1.16 bits per heavy atom. The van der Waals surface area contributed by atoms with Crippen molar-refractivity contribution in [1.82, 2.24) is 4.90 Å². The van der Waals surface area contributed by atoms with E-state index in [1.807, 2.05) is 0 Å². The number of urea groups is 1. The van der Waals surface area contributed by atoms with Gasteiger partial charge in [-0.15, -0.1) is 0 Å². The second-order valence-electron chi connectivity index (χ2n) is 4.49. The number of carbonyl (C=O) groups is 1. The van der Waals surface area contributed by atoms with Crippen LogP contribution in [-0.4, -0.2) is 30.1 Å². The number of amides is 2. The highest BCUT2D eigenvalue weighted by Crippen LogP contribution is 2.22. The van der Waals surface area contributed by atoms with Gasteiger partial charge in [-0.1, -0.05) is 0 Å². The van der Waals surface area contributed by atoms with Gasteiger partial charge >= 0.3 is 6.03 Å². The summed E-state index contributed by atoms with van der Waals surface area (Å²) in [6, 6.07) is 0.717. The van der Waals surface area contributed by atoms with Crippen LogP contribution in [0.1, 0.15) is 12.8 Å². The fraction of sp³-hybridized carbons (Fsp3) is 0.417. The molecule has 0 bridgehead atoms. The van der Waals surface area contributed by atoms with Crippen LogP contribution in [0.25, 0.3) is 0 Å². The average molecular weight is 273 g/mol. The topological polar surface area (TPSA) is 58.4 Å². The largest absolute Gasteiger partial charge is 0.380 e. The van der Waals surface area contributed by atoms with Gasteiger partial charge in [0.1, 0.15) is 5.82 Å². The van der Waals surface area contributed by atoms with Crippen molar-refractivity contribution in [2.45, 2.75) is 18.9 Å². The highest BCUT2D eigenvalue weighted by molar-refractivity contribution is 5.72. The van der Waals surface area contributed by atoms with Crippen LogP contribution in [0.2, 0.25) is 0 Å². The number of hydrogen-bond acceptors (Lipinski definition) is 2.